The number of allylic oxidation sites excluding steroid dienone is 4. The van der Waals surface area contributed by atoms with Gasteiger partial charge in [-0.05, 0) is 55.0 Å². The van der Waals surface area contributed by atoms with Crippen LogP contribution in [0.4, 0.5) is 0 Å². The zero-order chi connectivity index (χ0) is 15.0. The van der Waals surface area contributed by atoms with Crippen LogP contribution in [-0.2, 0) is 0 Å². The van der Waals surface area contributed by atoms with Crippen molar-refractivity contribution in [2.45, 2.75) is 31.3 Å². The van der Waals surface area contributed by atoms with Gasteiger partial charge in [0.15, 0.2) is 5.60 Å². The van der Waals surface area contributed by atoms with E-state index in [0.717, 1.165) is 17.3 Å². The number of carbonyl (C=O) groups excluding carboxylic acids is 1. The number of hydrogen-bond acceptors (Lipinski definition) is 2. The molecule has 0 amide bonds. The summed E-state index contributed by atoms with van der Waals surface area (Å²) in [7, 11) is 0. The van der Waals surface area contributed by atoms with Gasteiger partial charge in [-0.1, -0.05) is 41.2 Å². The van der Waals surface area contributed by atoms with Gasteiger partial charge in [-0.15, -0.1) is 0 Å². The Hall–Kier alpha value is -1.61. The molecule has 0 bridgehead atoms. The van der Waals surface area contributed by atoms with Crippen molar-refractivity contribution in [3.05, 3.63) is 64.7 Å². The Balaban J connectivity index is 1.94. The van der Waals surface area contributed by atoms with E-state index in [2.05, 4.69) is 29.1 Å². The summed E-state index contributed by atoms with van der Waals surface area (Å²) in [5.74, 6) is 0.804. The van der Waals surface area contributed by atoms with Crippen LogP contribution in [-0.4, -0.2) is 11.4 Å². The fourth-order valence-electron chi connectivity index (χ4n) is 3.19. The van der Waals surface area contributed by atoms with Gasteiger partial charge in [0.25, 0.3) is 0 Å². The molecule has 1 heterocycles. The minimum atomic E-state index is -0.720. The molecule has 0 aromatic heterocycles. The van der Waals surface area contributed by atoms with E-state index in [1.165, 1.54) is 11.1 Å². The Bertz CT molecular complexity index is 648. The van der Waals surface area contributed by atoms with E-state index in [-0.39, 0.29) is 5.78 Å². The molecule has 1 aromatic rings. The van der Waals surface area contributed by atoms with E-state index in [9.17, 15) is 4.79 Å². The van der Waals surface area contributed by atoms with Crippen LogP contribution in [0.25, 0.3) is 0 Å². The summed E-state index contributed by atoms with van der Waals surface area (Å²) < 4.78 is 7.01. The van der Waals surface area contributed by atoms with Crippen LogP contribution >= 0.6 is 15.9 Å². The second-order valence-corrected chi connectivity index (χ2v) is 6.44. The van der Waals surface area contributed by atoms with Crippen molar-refractivity contribution >= 4 is 21.7 Å². The topological polar surface area (TPSA) is 26.3 Å². The SMILES string of the molecule is C=CC1=C(C=C)CCC2(CC1)Oc1ccc(Br)cc1C2=O. The number of fused-ring (bicyclic) bond motifs is 1. The molecule has 0 saturated heterocycles. The van der Waals surface area contributed by atoms with Gasteiger partial charge >= 0.3 is 0 Å². The van der Waals surface area contributed by atoms with Gasteiger partial charge < -0.3 is 4.74 Å². The summed E-state index contributed by atoms with van der Waals surface area (Å²) in [6, 6.07) is 5.63. The number of benzene rings is 1. The van der Waals surface area contributed by atoms with Crippen molar-refractivity contribution in [1.82, 2.24) is 0 Å². The Morgan fingerprint density at radius 3 is 2.33 bits per heavy atom. The largest absolute Gasteiger partial charge is 0.478 e. The number of ketones is 1. The molecule has 1 spiro atoms. The Morgan fingerprint density at radius 2 is 1.76 bits per heavy atom. The smallest absolute Gasteiger partial charge is 0.210 e. The normalized spacial score (nSPS) is 20.0. The summed E-state index contributed by atoms with van der Waals surface area (Å²) in [6.45, 7) is 7.74. The second kappa shape index (κ2) is 5.30. The predicted molar refractivity (Wildman–Crippen MR) is 87.7 cm³/mol. The molecule has 0 saturated carbocycles. The molecule has 21 heavy (non-hydrogen) atoms. The first kappa shape index (κ1) is 14.3. The van der Waals surface area contributed by atoms with E-state index in [0.29, 0.717) is 24.2 Å². The van der Waals surface area contributed by atoms with Crippen LogP contribution < -0.4 is 4.74 Å². The third-order valence-corrected chi connectivity index (χ3v) is 4.90. The molecule has 0 radical (unpaired) electrons. The van der Waals surface area contributed by atoms with Gasteiger partial charge in [-0.3, -0.25) is 4.79 Å². The first-order chi connectivity index (χ1) is 10.1. The molecule has 0 N–H and O–H groups in total. The molecule has 2 aliphatic rings. The third kappa shape index (κ3) is 2.30. The number of rotatable bonds is 2. The molecule has 0 atom stereocenters. The van der Waals surface area contributed by atoms with Gasteiger partial charge in [0.05, 0.1) is 5.56 Å². The van der Waals surface area contributed by atoms with Crippen LogP contribution in [0.15, 0.2) is 59.1 Å². The first-order valence-corrected chi connectivity index (χ1v) is 7.89. The quantitative estimate of drug-likeness (QED) is 0.754. The van der Waals surface area contributed by atoms with Crippen LogP contribution in [0.2, 0.25) is 0 Å². The van der Waals surface area contributed by atoms with E-state index < -0.39 is 5.60 Å². The molecule has 1 aliphatic carbocycles. The second-order valence-electron chi connectivity index (χ2n) is 5.52. The Morgan fingerprint density at radius 1 is 1.14 bits per heavy atom. The lowest BCUT2D eigenvalue weighted by molar-refractivity contribution is 0.0500. The Kier molecular flexibility index (Phi) is 3.62. The maximum atomic E-state index is 12.9. The molecule has 0 unspecified atom stereocenters. The molecular formula is C18H17BrO2. The maximum Gasteiger partial charge on any atom is 0.210 e. The van der Waals surface area contributed by atoms with Crippen molar-refractivity contribution in [3.8, 4) is 5.75 Å². The lowest BCUT2D eigenvalue weighted by atomic mass is 9.87. The highest BCUT2D eigenvalue weighted by Crippen LogP contribution is 2.44. The minimum Gasteiger partial charge on any atom is -0.478 e. The maximum absolute atomic E-state index is 12.9. The minimum absolute atomic E-state index is 0.104. The zero-order valence-electron chi connectivity index (χ0n) is 11.8. The lowest BCUT2D eigenvalue weighted by Crippen LogP contribution is -2.39. The van der Waals surface area contributed by atoms with Crippen molar-refractivity contribution in [2.75, 3.05) is 0 Å². The summed E-state index contributed by atoms with van der Waals surface area (Å²) in [5, 5.41) is 0. The molecule has 0 fully saturated rings. The van der Waals surface area contributed by atoms with Crippen molar-refractivity contribution in [1.29, 1.82) is 0 Å². The molecule has 1 aromatic carbocycles. The number of hydrogen-bond donors (Lipinski definition) is 0. The molecular weight excluding hydrogens is 328 g/mol. The van der Waals surface area contributed by atoms with Crippen LogP contribution in [0.1, 0.15) is 36.0 Å². The summed E-state index contributed by atoms with van der Waals surface area (Å²) in [6.07, 6.45) is 6.73. The molecule has 108 valence electrons. The van der Waals surface area contributed by atoms with Gasteiger partial charge in [-0.25, -0.2) is 0 Å². The molecule has 1 aliphatic heterocycles. The first-order valence-electron chi connectivity index (χ1n) is 7.10. The highest BCUT2D eigenvalue weighted by molar-refractivity contribution is 9.10. The van der Waals surface area contributed by atoms with Crippen molar-refractivity contribution in [2.24, 2.45) is 0 Å². The molecule has 2 nitrogen and oxygen atoms in total. The third-order valence-electron chi connectivity index (χ3n) is 4.41. The van der Waals surface area contributed by atoms with Crippen LogP contribution in [0, 0.1) is 0 Å². The molecule has 3 heteroatoms. The average molecular weight is 345 g/mol. The monoisotopic (exact) mass is 344 g/mol. The fraction of sp³-hybridized carbons (Fsp3) is 0.278. The standard InChI is InChI=1S/C18H17BrO2/c1-3-12-7-9-18(10-8-13(12)4-2)17(20)15-11-14(19)5-6-16(15)21-18/h3-6,11H,1-2,7-10H2. The van der Waals surface area contributed by atoms with Gasteiger partial charge in [-0.2, -0.15) is 0 Å². The number of Topliss-reactive ketones (excluding diaryl/α,β-unsaturated/α-hetero) is 1. The van der Waals surface area contributed by atoms with E-state index >= 15 is 0 Å². The van der Waals surface area contributed by atoms with E-state index in [4.69, 9.17) is 4.74 Å². The number of ether oxygens (including phenoxy) is 1. The number of halogens is 1. The summed E-state index contributed by atoms with van der Waals surface area (Å²) in [4.78, 5) is 12.9. The van der Waals surface area contributed by atoms with Crippen molar-refractivity contribution < 1.29 is 9.53 Å². The highest BCUT2D eigenvalue weighted by atomic mass is 79.9. The fourth-order valence-corrected chi connectivity index (χ4v) is 3.55. The summed E-state index contributed by atoms with van der Waals surface area (Å²) in [5.41, 5.74) is 2.32. The van der Waals surface area contributed by atoms with Gasteiger partial charge in [0.1, 0.15) is 5.75 Å². The van der Waals surface area contributed by atoms with Crippen LogP contribution in [0.3, 0.4) is 0 Å². The molecule has 3 rings (SSSR count). The number of carbonyl (C=O) groups is 1. The predicted octanol–water partition coefficient (Wildman–Crippen LogP) is 5.01. The van der Waals surface area contributed by atoms with E-state index in [1.54, 1.807) is 0 Å². The van der Waals surface area contributed by atoms with Gasteiger partial charge in [0.2, 0.25) is 5.78 Å². The van der Waals surface area contributed by atoms with Gasteiger partial charge in [0, 0.05) is 4.47 Å². The van der Waals surface area contributed by atoms with Crippen LogP contribution in [0.5, 0.6) is 5.75 Å². The average Bonchev–Trinajstić information content (AvgIpc) is 2.65. The highest BCUT2D eigenvalue weighted by Gasteiger charge is 2.48. The summed E-state index contributed by atoms with van der Waals surface area (Å²) >= 11 is 3.42. The van der Waals surface area contributed by atoms with E-state index in [1.807, 2.05) is 30.4 Å². The lowest BCUT2D eigenvalue weighted by Gasteiger charge is -2.25. The Labute approximate surface area is 133 Å². The zero-order valence-corrected chi connectivity index (χ0v) is 13.4. The van der Waals surface area contributed by atoms with Crippen molar-refractivity contribution in [3.63, 3.8) is 0 Å².